The molecule has 0 aliphatic rings. The third-order valence-corrected chi connectivity index (χ3v) is 5.11. The number of rotatable bonds is 7. The molecule has 0 aliphatic carbocycles. The first-order valence-electron chi connectivity index (χ1n) is 9.30. The summed E-state index contributed by atoms with van der Waals surface area (Å²) in [5, 5.41) is 14.4. The zero-order chi connectivity index (χ0) is 21.8. The van der Waals surface area contributed by atoms with Gasteiger partial charge in [-0.25, -0.2) is 0 Å². The van der Waals surface area contributed by atoms with Crippen molar-refractivity contribution in [2.24, 2.45) is 0 Å². The van der Waals surface area contributed by atoms with E-state index < -0.39 is 11.6 Å². The predicted octanol–water partition coefficient (Wildman–Crippen LogP) is 5.94. The van der Waals surface area contributed by atoms with Crippen LogP contribution in [0.2, 0.25) is 5.02 Å². The van der Waals surface area contributed by atoms with Crippen molar-refractivity contribution < 1.29 is 19.4 Å². The third-order valence-electron chi connectivity index (χ3n) is 4.29. The molecule has 0 aliphatic heterocycles. The highest BCUT2D eigenvalue weighted by atomic mass is 79.9. The van der Waals surface area contributed by atoms with Gasteiger partial charge in [-0.3, -0.25) is 4.79 Å². The number of aromatic hydroxyl groups is 1. The van der Waals surface area contributed by atoms with E-state index in [1.807, 2.05) is 52.0 Å². The molecule has 5 nitrogen and oxygen atoms in total. The molecule has 0 saturated heterocycles. The smallest absolute Gasteiger partial charge is 0.308 e. The Morgan fingerprint density at radius 2 is 1.86 bits per heavy atom. The molecule has 29 heavy (non-hydrogen) atoms. The van der Waals surface area contributed by atoms with Gasteiger partial charge in [0.2, 0.25) is 0 Å². The highest BCUT2D eigenvalue weighted by molar-refractivity contribution is 9.10. The molecule has 2 N–H and O–H groups in total. The van der Waals surface area contributed by atoms with Gasteiger partial charge in [0.15, 0.2) is 0 Å². The number of nitrogens with one attached hydrogen (secondary N) is 1. The molecule has 0 aromatic heterocycles. The molecule has 2 rings (SSSR count). The number of carbonyl (C=O) groups is 1. The summed E-state index contributed by atoms with van der Waals surface area (Å²) in [6.45, 7) is 7.45. The van der Waals surface area contributed by atoms with Gasteiger partial charge in [-0.2, -0.15) is 0 Å². The van der Waals surface area contributed by atoms with E-state index in [1.165, 1.54) is 0 Å². The summed E-state index contributed by atoms with van der Waals surface area (Å²) in [5.41, 5.74) is 0.941. The second-order valence-corrected chi connectivity index (χ2v) is 9.12. The maximum absolute atomic E-state index is 12.5. The van der Waals surface area contributed by atoms with Gasteiger partial charge in [0.25, 0.3) is 0 Å². The van der Waals surface area contributed by atoms with Crippen LogP contribution in [0.1, 0.15) is 57.3 Å². The molecular formula is C22H27BrClNO4. The summed E-state index contributed by atoms with van der Waals surface area (Å²) in [6, 6.07) is 10.3. The summed E-state index contributed by atoms with van der Waals surface area (Å²) >= 11 is 9.51. The molecule has 0 unspecified atom stereocenters. The van der Waals surface area contributed by atoms with Crippen molar-refractivity contribution in [1.82, 2.24) is 5.32 Å². The number of esters is 1. The Kier molecular flexibility index (Phi) is 7.97. The van der Waals surface area contributed by atoms with Gasteiger partial charge in [0.1, 0.15) is 17.1 Å². The number of hydrogen-bond acceptors (Lipinski definition) is 5. The average Bonchev–Trinajstić information content (AvgIpc) is 2.62. The Balaban J connectivity index is 2.32. The lowest BCUT2D eigenvalue weighted by Crippen LogP contribution is -2.30. The maximum atomic E-state index is 12.5. The number of phenolic OH excluding ortho intramolecular Hbond substituents is 1. The lowest BCUT2D eigenvalue weighted by molar-refractivity contribution is -0.155. The third kappa shape index (κ3) is 6.91. The van der Waals surface area contributed by atoms with Crippen LogP contribution in [0.3, 0.4) is 0 Å². The standard InChI is InChI=1S/C22H27BrClNO4/c1-13(14-6-8-16(28-5)9-7-14)25-19(12-20(26)29-22(2,3)4)17-10-15(24)11-18(23)21(17)27/h6-11,13,19,25,27H,12H2,1-5H3/t13-,19-/m0/s1. The SMILES string of the molecule is COc1ccc([C@H](C)N[C@@H](CC(=O)OC(C)(C)C)c2cc(Cl)cc(Br)c2O)cc1. The zero-order valence-electron chi connectivity index (χ0n) is 17.3. The number of hydrogen-bond donors (Lipinski definition) is 2. The van der Waals surface area contributed by atoms with Crippen LogP contribution in [-0.4, -0.2) is 23.8 Å². The molecule has 0 saturated carbocycles. The topological polar surface area (TPSA) is 67.8 Å². The van der Waals surface area contributed by atoms with Crippen LogP contribution in [0.15, 0.2) is 40.9 Å². The summed E-state index contributed by atoms with van der Waals surface area (Å²) in [4.78, 5) is 12.5. The molecule has 0 bridgehead atoms. The Bertz CT molecular complexity index is 849. The molecule has 2 atom stereocenters. The molecule has 0 amide bonds. The van der Waals surface area contributed by atoms with E-state index in [1.54, 1.807) is 19.2 Å². The maximum Gasteiger partial charge on any atom is 0.308 e. The van der Waals surface area contributed by atoms with E-state index in [0.29, 0.717) is 15.1 Å². The van der Waals surface area contributed by atoms with E-state index in [0.717, 1.165) is 11.3 Å². The van der Waals surface area contributed by atoms with Gasteiger partial charge in [-0.05, 0) is 73.5 Å². The summed E-state index contributed by atoms with van der Waals surface area (Å²) in [5.74, 6) is 0.437. The van der Waals surface area contributed by atoms with Gasteiger partial charge >= 0.3 is 5.97 Å². The molecule has 0 heterocycles. The van der Waals surface area contributed by atoms with Crippen LogP contribution in [0.5, 0.6) is 11.5 Å². The Morgan fingerprint density at radius 3 is 2.41 bits per heavy atom. The van der Waals surface area contributed by atoms with Crippen LogP contribution in [0.4, 0.5) is 0 Å². The first-order chi connectivity index (χ1) is 13.5. The minimum absolute atomic E-state index is 0.0392. The van der Waals surface area contributed by atoms with E-state index in [4.69, 9.17) is 21.1 Å². The van der Waals surface area contributed by atoms with Crippen molar-refractivity contribution in [1.29, 1.82) is 0 Å². The van der Waals surface area contributed by atoms with E-state index >= 15 is 0 Å². The number of methoxy groups -OCH3 is 1. The summed E-state index contributed by atoms with van der Waals surface area (Å²) in [7, 11) is 1.62. The highest BCUT2D eigenvalue weighted by Gasteiger charge is 2.26. The number of benzene rings is 2. The Morgan fingerprint density at radius 1 is 1.24 bits per heavy atom. The lowest BCUT2D eigenvalue weighted by Gasteiger charge is -2.27. The average molecular weight is 485 g/mol. The van der Waals surface area contributed by atoms with Gasteiger partial charge in [0.05, 0.1) is 18.0 Å². The van der Waals surface area contributed by atoms with E-state index in [2.05, 4.69) is 21.2 Å². The number of phenols is 1. The molecular weight excluding hydrogens is 458 g/mol. The van der Waals surface area contributed by atoms with Crippen LogP contribution >= 0.6 is 27.5 Å². The minimum Gasteiger partial charge on any atom is -0.506 e. The largest absolute Gasteiger partial charge is 0.506 e. The lowest BCUT2D eigenvalue weighted by atomic mass is 9.99. The molecule has 7 heteroatoms. The van der Waals surface area contributed by atoms with Crippen molar-refractivity contribution in [3.05, 3.63) is 57.0 Å². The van der Waals surface area contributed by atoms with Crippen molar-refractivity contribution in [2.45, 2.75) is 51.8 Å². The Hall–Kier alpha value is -1.76. The normalized spacial score (nSPS) is 13.6. The second-order valence-electron chi connectivity index (χ2n) is 7.83. The van der Waals surface area contributed by atoms with Crippen LogP contribution in [-0.2, 0) is 9.53 Å². The minimum atomic E-state index is -0.597. The first kappa shape index (κ1) is 23.5. The molecule has 0 spiro atoms. The number of carbonyl (C=O) groups excluding carboxylic acids is 1. The molecule has 158 valence electrons. The number of ether oxygens (including phenoxy) is 2. The summed E-state index contributed by atoms with van der Waals surface area (Å²) < 4.78 is 11.2. The predicted molar refractivity (Wildman–Crippen MR) is 119 cm³/mol. The Labute approximate surface area is 185 Å². The second kappa shape index (κ2) is 9.83. The van der Waals surface area contributed by atoms with Gasteiger partial charge in [0, 0.05) is 22.7 Å². The van der Waals surface area contributed by atoms with Crippen molar-refractivity contribution in [3.8, 4) is 11.5 Å². The molecule has 2 aromatic carbocycles. The van der Waals surface area contributed by atoms with Crippen LogP contribution in [0, 0.1) is 0 Å². The van der Waals surface area contributed by atoms with Crippen LogP contribution < -0.4 is 10.1 Å². The summed E-state index contributed by atoms with van der Waals surface area (Å²) in [6.07, 6.45) is 0.0398. The fourth-order valence-corrected chi connectivity index (χ4v) is 3.78. The molecule has 2 aromatic rings. The fourth-order valence-electron chi connectivity index (χ4n) is 2.95. The van der Waals surface area contributed by atoms with Gasteiger partial charge < -0.3 is 19.9 Å². The van der Waals surface area contributed by atoms with Crippen molar-refractivity contribution in [3.63, 3.8) is 0 Å². The fraction of sp³-hybridized carbons (Fsp3) is 0.409. The zero-order valence-corrected chi connectivity index (χ0v) is 19.6. The highest BCUT2D eigenvalue weighted by Crippen LogP contribution is 2.37. The molecule has 0 radical (unpaired) electrons. The van der Waals surface area contributed by atoms with Gasteiger partial charge in [-0.1, -0.05) is 23.7 Å². The van der Waals surface area contributed by atoms with Crippen LogP contribution in [0.25, 0.3) is 0 Å². The van der Waals surface area contributed by atoms with Crippen molar-refractivity contribution in [2.75, 3.05) is 7.11 Å². The van der Waals surface area contributed by atoms with E-state index in [-0.39, 0.29) is 24.2 Å². The quantitative estimate of drug-likeness (QED) is 0.476. The first-order valence-corrected chi connectivity index (χ1v) is 10.5. The van der Waals surface area contributed by atoms with E-state index in [9.17, 15) is 9.90 Å². The van der Waals surface area contributed by atoms with Gasteiger partial charge in [-0.15, -0.1) is 0 Å². The van der Waals surface area contributed by atoms with Crippen molar-refractivity contribution >= 4 is 33.5 Å². The molecule has 0 fully saturated rings. The number of halogens is 2. The monoisotopic (exact) mass is 483 g/mol.